The average molecular weight is 243 g/mol. The number of amides is 2. The molecule has 2 heterocycles. The molecule has 3 atom stereocenters. The fourth-order valence-corrected chi connectivity index (χ4v) is 3.80. The van der Waals surface area contributed by atoms with Crippen molar-refractivity contribution in [2.24, 2.45) is 0 Å². The van der Waals surface area contributed by atoms with Crippen molar-refractivity contribution in [3.63, 3.8) is 0 Å². The molecule has 0 spiro atoms. The quantitative estimate of drug-likeness (QED) is 0.502. The van der Waals surface area contributed by atoms with Gasteiger partial charge in [0.15, 0.2) is 0 Å². The topological polar surface area (TPSA) is 81.3 Å². The molecule has 16 heavy (non-hydrogen) atoms. The molecule has 0 unspecified atom stereocenters. The molecule has 0 saturated carbocycles. The van der Waals surface area contributed by atoms with E-state index in [1.807, 2.05) is 11.8 Å². The van der Waals surface area contributed by atoms with Gasteiger partial charge in [-0.15, -0.1) is 0 Å². The zero-order chi connectivity index (χ0) is 11.5. The zero-order valence-electron chi connectivity index (χ0n) is 8.90. The first kappa shape index (κ1) is 11.6. The van der Waals surface area contributed by atoms with E-state index in [4.69, 9.17) is 0 Å². The number of hydrogen-bond donors (Lipinski definition) is 2. The summed E-state index contributed by atoms with van der Waals surface area (Å²) in [5.74, 6) is -0.0260. The van der Waals surface area contributed by atoms with Crippen LogP contribution < -0.4 is 15.7 Å². The fourth-order valence-electron chi connectivity index (χ4n) is 2.26. The van der Waals surface area contributed by atoms with Crippen molar-refractivity contribution in [2.75, 3.05) is 5.75 Å². The Morgan fingerprint density at radius 3 is 3.00 bits per heavy atom. The minimum absolute atomic E-state index is 0.0740. The third-order valence-electron chi connectivity index (χ3n) is 3.06. The number of aliphatic carboxylic acids is 1. The van der Waals surface area contributed by atoms with Crippen LogP contribution in [0.2, 0.25) is 0 Å². The second-order valence-electron chi connectivity index (χ2n) is 4.24. The van der Waals surface area contributed by atoms with Crippen LogP contribution in [0.25, 0.3) is 0 Å². The molecule has 0 aliphatic carbocycles. The smallest absolute Gasteiger partial charge is 0.315 e. The highest BCUT2D eigenvalue weighted by Crippen LogP contribution is 2.33. The largest absolute Gasteiger partial charge is 0.550 e. The summed E-state index contributed by atoms with van der Waals surface area (Å²) in [5, 5.41) is 16.5. The Balaban J connectivity index is 1.70. The van der Waals surface area contributed by atoms with Crippen molar-refractivity contribution < 1.29 is 14.7 Å². The summed E-state index contributed by atoms with van der Waals surface area (Å²) in [4.78, 5) is 21.3. The monoisotopic (exact) mass is 243 g/mol. The molecule has 2 amide bonds. The van der Waals surface area contributed by atoms with Crippen molar-refractivity contribution >= 4 is 23.8 Å². The predicted molar refractivity (Wildman–Crippen MR) is 59.0 cm³/mol. The molecule has 0 radical (unpaired) electrons. The lowest BCUT2D eigenvalue weighted by Gasteiger charge is -2.16. The third kappa shape index (κ3) is 2.61. The Hall–Kier alpha value is -0.910. The van der Waals surface area contributed by atoms with Crippen LogP contribution in [-0.4, -0.2) is 35.1 Å². The molecule has 90 valence electrons. The first-order chi connectivity index (χ1) is 7.66. The second kappa shape index (κ2) is 4.95. The van der Waals surface area contributed by atoms with E-state index in [1.165, 1.54) is 0 Å². The molecule has 2 aliphatic heterocycles. The molecule has 0 aromatic rings. The molecule has 2 rings (SSSR count). The molecule has 2 aliphatic rings. The number of carbonyl (C=O) groups is 2. The summed E-state index contributed by atoms with van der Waals surface area (Å²) in [6, 6.07) is 0.402. The summed E-state index contributed by atoms with van der Waals surface area (Å²) in [7, 11) is 0. The van der Waals surface area contributed by atoms with Gasteiger partial charge in [0, 0.05) is 17.0 Å². The van der Waals surface area contributed by atoms with Gasteiger partial charge >= 0.3 is 6.03 Å². The maximum Gasteiger partial charge on any atom is 0.315 e. The highest BCUT2D eigenvalue weighted by atomic mass is 32.2. The van der Waals surface area contributed by atoms with Gasteiger partial charge in [-0.3, -0.25) is 0 Å². The van der Waals surface area contributed by atoms with Crippen LogP contribution in [-0.2, 0) is 4.79 Å². The number of hydrogen-bond acceptors (Lipinski definition) is 4. The predicted octanol–water partition coefficient (Wildman–Crippen LogP) is -0.538. The number of carboxylic acid groups (broad SMARTS) is 1. The van der Waals surface area contributed by atoms with Crippen LogP contribution in [0.5, 0.6) is 0 Å². The molecule has 0 aromatic carbocycles. The van der Waals surface area contributed by atoms with Crippen molar-refractivity contribution in [3.05, 3.63) is 0 Å². The summed E-state index contributed by atoms with van der Waals surface area (Å²) in [6.45, 7) is 0. The van der Waals surface area contributed by atoms with Crippen molar-refractivity contribution in [1.29, 1.82) is 0 Å². The Bertz CT molecular complexity index is 298. The minimum atomic E-state index is -0.979. The maximum atomic E-state index is 11.1. The van der Waals surface area contributed by atoms with E-state index in [0.29, 0.717) is 11.7 Å². The van der Waals surface area contributed by atoms with Crippen molar-refractivity contribution in [3.8, 4) is 0 Å². The van der Waals surface area contributed by atoms with Crippen LogP contribution in [0.4, 0.5) is 4.79 Å². The normalized spacial score (nSPS) is 32.0. The molecular weight excluding hydrogens is 228 g/mol. The maximum absolute atomic E-state index is 11.1. The second-order valence-corrected chi connectivity index (χ2v) is 5.51. The molecule has 5 nitrogen and oxygen atoms in total. The van der Waals surface area contributed by atoms with Gasteiger partial charge < -0.3 is 20.5 Å². The molecule has 0 aromatic heterocycles. The fraction of sp³-hybridized carbons (Fsp3) is 0.800. The van der Waals surface area contributed by atoms with Gasteiger partial charge in [-0.2, -0.15) is 11.8 Å². The van der Waals surface area contributed by atoms with E-state index in [2.05, 4.69) is 10.6 Å². The summed E-state index contributed by atoms with van der Waals surface area (Å²) >= 11 is 1.85. The van der Waals surface area contributed by atoms with Crippen molar-refractivity contribution in [2.45, 2.75) is 43.0 Å². The Morgan fingerprint density at radius 2 is 2.25 bits per heavy atom. The van der Waals surface area contributed by atoms with Gasteiger partial charge in [0.1, 0.15) is 0 Å². The SMILES string of the molecule is O=C([O-])CCCC[C@@H]1SC[C@@H]2NC(=O)N[C@H]21. The number of urea groups is 1. The van der Waals surface area contributed by atoms with E-state index in [9.17, 15) is 14.7 Å². The standard InChI is InChI=1S/C10H16N2O3S/c13-8(14)4-2-1-3-7-9-6(5-16-7)11-10(15)12-9/h6-7,9H,1-5H2,(H,13,14)(H2,11,12,15)/p-1/t6-,7-,9+/m0/s1. The number of nitrogens with one attached hydrogen (secondary N) is 2. The van der Waals surface area contributed by atoms with Crippen LogP contribution in [0.3, 0.4) is 0 Å². The first-order valence-corrected chi connectivity index (χ1v) is 6.60. The lowest BCUT2D eigenvalue weighted by molar-refractivity contribution is -0.305. The van der Waals surface area contributed by atoms with Gasteiger partial charge in [0.2, 0.25) is 0 Å². The lowest BCUT2D eigenvalue weighted by Crippen LogP contribution is -2.36. The zero-order valence-corrected chi connectivity index (χ0v) is 9.72. The Labute approximate surface area is 98.4 Å². The highest BCUT2D eigenvalue weighted by Gasteiger charge is 2.42. The van der Waals surface area contributed by atoms with E-state index in [1.54, 1.807) is 0 Å². The summed E-state index contributed by atoms with van der Waals surface area (Å²) in [6.07, 6.45) is 2.64. The number of thioether (sulfide) groups is 1. The number of carbonyl (C=O) groups excluding carboxylic acids is 2. The molecule has 2 fully saturated rings. The van der Waals surface area contributed by atoms with Crippen molar-refractivity contribution in [1.82, 2.24) is 10.6 Å². The molecular formula is C10H15N2O3S-. The lowest BCUT2D eigenvalue weighted by atomic mass is 10.0. The van der Waals surface area contributed by atoms with Gasteiger partial charge in [0.25, 0.3) is 0 Å². The Morgan fingerprint density at radius 1 is 1.44 bits per heavy atom. The highest BCUT2D eigenvalue weighted by molar-refractivity contribution is 8.00. The molecule has 0 bridgehead atoms. The number of rotatable bonds is 5. The van der Waals surface area contributed by atoms with Gasteiger partial charge in [-0.1, -0.05) is 6.42 Å². The molecule has 6 heteroatoms. The number of fused-ring (bicyclic) bond motifs is 1. The van der Waals surface area contributed by atoms with E-state index < -0.39 is 5.97 Å². The van der Waals surface area contributed by atoms with E-state index >= 15 is 0 Å². The molecule has 2 saturated heterocycles. The van der Waals surface area contributed by atoms with Crippen LogP contribution in [0.15, 0.2) is 0 Å². The van der Waals surface area contributed by atoms with Gasteiger partial charge in [0.05, 0.1) is 12.1 Å². The van der Waals surface area contributed by atoms with Crippen LogP contribution >= 0.6 is 11.8 Å². The summed E-state index contributed by atoms with van der Waals surface area (Å²) < 4.78 is 0. The summed E-state index contributed by atoms with van der Waals surface area (Å²) in [5.41, 5.74) is 0. The first-order valence-electron chi connectivity index (χ1n) is 5.55. The Kier molecular flexibility index (Phi) is 3.58. The minimum Gasteiger partial charge on any atom is -0.550 e. The molecule has 2 N–H and O–H groups in total. The third-order valence-corrected chi connectivity index (χ3v) is 4.57. The van der Waals surface area contributed by atoms with Gasteiger partial charge in [-0.05, 0) is 19.3 Å². The average Bonchev–Trinajstić information content (AvgIpc) is 2.72. The van der Waals surface area contributed by atoms with Crippen LogP contribution in [0.1, 0.15) is 25.7 Å². The number of carboxylic acids is 1. The van der Waals surface area contributed by atoms with E-state index in [-0.39, 0.29) is 24.5 Å². The van der Waals surface area contributed by atoms with Gasteiger partial charge in [-0.25, -0.2) is 4.79 Å². The van der Waals surface area contributed by atoms with E-state index in [0.717, 1.165) is 18.6 Å². The number of unbranched alkanes of at least 4 members (excludes halogenated alkanes) is 1. The van der Waals surface area contributed by atoms with Crippen LogP contribution in [0, 0.1) is 0 Å².